The Morgan fingerprint density at radius 3 is 1.74 bits per heavy atom. The van der Waals surface area contributed by atoms with Crippen LogP contribution in [0, 0.1) is 0 Å². The summed E-state index contributed by atoms with van der Waals surface area (Å²) >= 11 is 5.67. The minimum atomic E-state index is 1.23. The standard InChI is InChI=1S/C28H40S3/c1-2-3-4-5-6-7-8-9-10-11-12-13-14-15-17-24-19-22-30-27(24)28-25(20-23-31-28)26-18-16-21-29-26/h16,18-23H,2-15,17H2,1H3. The molecular weight excluding hydrogens is 433 g/mol. The molecule has 170 valence electrons. The van der Waals surface area contributed by atoms with Crippen LogP contribution in [0.3, 0.4) is 0 Å². The van der Waals surface area contributed by atoms with Gasteiger partial charge in [0.2, 0.25) is 0 Å². The molecule has 31 heavy (non-hydrogen) atoms. The molecule has 0 aliphatic carbocycles. The molecule has 0 aliphatic heterocycles. The van der Waals surface area contributed by atoms with Crippen LogP contribution < -0.4 is 0 Å². The van der Waals surface area contributed by atoms with Crippen molar-refractivity contribution in [3.05, 3.63) is 46.0 Å². The summed E-state index contributed by atoms with van der Waals surface area (Å²) in [4.78, 5) is 4.37. The van der Waals surface area contributed by atoms with E-state index in [-0.39, 0.29) is 0 Å². The monoisotopic (exact) mass is 472 g/mol. The van der Waals surface area contributed by atoms with Gasteiger partial charge in [0.25, 0.3) is 0 Å². The average Bonchev–Trinajstić information content (AvgIpc) is 3.54. The molecule has 3 aromatic heterocycles. The lowest BCUT2D eigenvalue weighted by Crippen LogP contribution is -1.87. The molecule has 0 nitrogen and oxygen atoms in total. The van der Waals surface area contributed by atoms with Gasteiger partial charge in [0, 0.05) is 15.3 Å². The van der Waals surface area contributed by atoms with E-state index in [4.69, 9.17) is 0 Å². The highest BCUT2D eigenvalue weighted by atomic mass is 32.1. The molecule has 3 heterocycles. The van der Waals surface area contributed by atoms with Crippen molar-refractivity contribution in [2.24, 2.45) is 0 Å². The minimum absolute atomic E-state index is 1.23. The summed E-state index contributed by atoms with van der Waals surface area (Å²) in [6, 6.07) is 9.06. The lowest BCUT2D eigenvalue weighted by molar-refractivity contribution is 0.535. The summed E-state index contributed by atoms with van der Waals surface area (Å²) in [7, 11) is 0. The predicted molar refractivity (Wildman–Crippen MR) is 145 cm³/mol. The van der Waals surface area contributed by atoms with E-state index < -0.39 is 0 Å². The Balaban J connectivity index is 1.26. The van der Waals surface area contributed by atoms with E-state index in [1.54, 1.807) is 5.56 Å². The van der Waals surface area contributed by atoms with Crippen LogP contribution in [0.25, 0.3) is 20.2 Å². The van der Waals surface area contributed by atoms with Crippen molar-refractivity contribution >= 4 is 34.0 Å². The van der Waals surface area contributed by atoms with Gasteiger partial charge in [0.1, 0.15) is 0 Å². The van der Waals surface area contributed by atoms with Gasteiger partial charge < -0.3 is 0 Å². The van der Waals surface area contributed by atoms with Crippen molar-refractivity contribution in [3.63, 3.8) is 0 Å². The second kappa shape index (κ2) is 15.0. The Morgan fingerprint density at radius 1 is 0.548 bits per heavy atom. The van der Waals surface area contributed by atoms with Crippen LogP contribution in [0.5, 0.6) is 0 Å². The van der Waals surface area contributed by atoms with Crippen molar-refractivity contribution in [2.75, 3.05) is 0 Å². The highest BCUT2D eigenvalue weighted by Gasteiger charge is 2.14. The largest absolute Gasteiger partial charge is 0.144 e. The van der Waals surface area contributed by atoms with E-state index in [1.807, 2.05) is 34.0 Å². The van der Waals surface area contributed by atoms with E-state index >= 15 is 0 Å². The molecule has 0 fully saturated rings. The van der Waals surface area contributed by atoms with Gasteiger partial charge in [-0.05, 0) is 52.7 Å². The molecule has 0 aliphatic rings. The zero-order chi connectivity index (χ0) is 21.6. The molecule has 0 saturated carbocycles. The number of rotatable bonds is 17. The molecule has 0 atom stereocenters. The first-order valence-corrected chi connectivity index (χ1v) is 15.2. The lowest BCUT2D eigenvalue weighted by Gasteiger charge is -2.06. The molecule has 0 amide bonds. The first kappa shape index (κ1) is 24.7. The molecule has 3 heteroatoms. The summed E-state index contributed by atoms with van der Waals surface area (Å²) < 4.78 is 0. The normalized spacial score (nSPS) is 11.4. The van der Waals surface area contributed by atoms with Gasteiger partial charge in [0.05, 0.1) is 4.88 Å². The minimum Gasteiger partial charge on any atom is -0.144 e. The first-order chi connectivity index (χ1) is 15.4. The highest BCUT2D eigenvalue weighted by molar-refractivity contribution is 7.21. The van der Waals surface area contributed by atoms with Gasteiger partial charge in [-0.25, -0.2) is 0 Å². The molecule has 0 aromatic carbocycles. The predicted octanol–water partition coefficient (Wildman–Crippen LogP) is 11.2. The average molecular weight is 473 g/mol. The third kappa shape index (κ3) is 8.51. The molecule has 3 rings (SSSR count). The van der Waals surface area contributed by atoms with Crippen molar-refractivity contribution in [1.29, 1.82) is 0 Å². The van der Waals surface area contributed by atoms with E-state index in [0.29, 0.717) is 0 Å². The second-order valence-corrected chi connectivity index (χ2v) is 11.5. The number of unbranched alkanes of at least 4 members (excludes halogenated alkanes) is 13. The molecule has 0 N–H and O–H groups in total. The number of hydrogen-bond donors (Lipinski definition) is 0. The van der Waals surface area contributed by atoms with E-state index in [9.17, 15) is 0 Å². The molecule has 0 radical (unpaired) electrons. The maximum Gasteiger partial charge on any atom is 0.0531 e. The van der Waals surface area contributed by atoms with Crippen LogP contribution >= 0.6 is 34.0 Å². The maximum atomic E-state index is 2.36. The van der Waals surface area contributed by atoms with Crippen molar-refractivity contribution < 1.29 is 0 Å². The van der Waals surface area contributed by atoms with Crippen molar-refractivity contribution in [2.45, 2.75) is 103 Å². The van der Waals surface area contributed by atoms with Crippen molar-refractivity contribution in [1.82, 2.24) is 0 Å². The van der Waals surface area contributed by atoms with Gasteiger partial charge in [-0.1, -0.05) is 96.5 Å². The molecule has 0 unspecified atom stereocenters. The maximum absolute atomic E-state index is 2.36. The van der Waals surface area contributed by atoms with Gasteiger partial charge in [-0.2, -0.15) is 0 Å². The number of thiophene rings is 3. The Bertz CT molecular complexity index is 809. The molecule has 0 bridgehead atoms. The first-order valence-electron chi connectivity index (χ1n) is 12.6. The Kier molecular flexibility index (Phi) is 12.0. The van der Waals surface area contributed by atoms with Gasteiger partial charge in [-0.15, -0.1) is 34.0 Å². The summed E-state index contributed by atoms with van der Waals surface area (Å²) in [5.74, 6) is 0. The smallest absolute Gasteiger partial charge is 0.0531 e. The van der Waals surface area contributed by atoms with Gasteiger partial charge in [0.15, 0.2) is 0 Å². The molecule has 0 saturated heterocycles. The highest BCUT2D eigenvalue weighted by Crippen LogP contribution is 2.42. The second-order valence-electron chi connectivity index (χ2n) is 8.76. The van der Waals surface area contributed by atoms with E-state index in [2.05, 4.69) is 47.3 Å². The fraction of sp³-hybridized carbons (Fsp3) is 0.571. The molecular formula is C28H40S3. The van der Waals surface area contributed by atoms with Crippen LogP contribution in [0.2, 0.25) is 0 Å². The van der Waals surface area contributed by atoms with Crippen molar-refractivity contribution in [3.8, 4) is 20.2 Å². The van der Waals surface area contributed by atoms with Crippen LogP contribution in [-0.2, 0) is 6.42 Å². The number of hydrogen-bond acceptors (Lipinski definition) is 3. The molecule has 3 aromatic rings. The topological polar surface area (TPSA) is 0 Å². The SMILES string of the molecule is CCCCCCCCCCCCCCCCc1ccsc1-c1sccc1-c1cccs1. The Labute approximate surface area is 202 Å². The van der Waals surface area contributed by atoms with E-state index in [1.165, 1.54) is 117 Å². The summed E-state index contributed by atoms with van der Waals surface area (Å²) in [6.45, 7) is 2.30. The lowest BCUT2D eigenvalue weighted by atomic mass is 10.0. The van der Waals surface area contributed by atoms with Crippen LogP contribution in [0.1, 0.15) is 102 Å². The summed E-state index contributed by atoms with van der Waals surface area (Å²) in [5.41, 5.74) is 2.98. The van der Waals surface area contributed by atoms with Gasteiger partial charge in [-0.3, -0.25) is 0 Å². The Morgan fingerprint density at radius 2 is 1.13 bits per heavy atom. The van der Waals surface area contributed by atoms with Gasteiger partial charge >= 0.3 is 0 Å². The third-order valence-corrected chi connectivity index (χ3v) is 9.14. The fourth-order valence-corrected chi connectivity index (χ4v) is 7.25. The van der Waals surface area contributed by atoms with Crippen LogP contribution in [0.15, 0.2) is 40.4 Å². The van der Waals surface area contributed by atoms with Crippen LogP contribution in [0.4, 0.5) is 0 Å². The van der Waals surface area contributed by atoms with Crippen LogP contribution in [-0.4, -0.2) is 0 Å². The summed E-state index contributed by atoms with van der Waals surface area (Å²) in [5, 5.41) is 6.72. The zero-order valence-electron chi connectivity index (χ0n) is 19.4. The molecule has 0 spiro atoms. The quantitative estimate of drug-likeness (QED) is 0.171. The zero-order valence-corrected chi connectivity index (χ0v) is 21.8. The summed E-state index contributed by atoms with van der Waals surface area (Å²) in [6.07, 6.45) is 21.2. The third-order valence-electron chi connectivity index (χ3n) is 6.20. The van der Waals surface area contributed by atoms with E-state index in [0.717, 1.165) is 0 Å². The Hall–Kier alpha value is -0.900. The number of aryl methyl sites for hydroxylation is 1. The fourth-order valence-electron chi connectivity index (χ4n) is 4.35.